The van der Waals surface area contributed by atoms with Gasteiger partial charge in [-0.25, -0.2) is 0 Å². The zero-order chi connectivity index (χ0) is 14.0. The molecule has 0 aliphatic heterocycles. The highest BCUT2D eigenvalue weighted by Crippen LogP contribution is 2.00. The van der Waals surface area contributed by atoms with Gasteiger partial charge < -0.3 is 31.3 Å². The topological polar surface area (TPSA) is 164 Å². The van der Waals surface area contributed by atoms with Crippen molar-refractivity contribution >= 4 is 26.7 Å². The Kier molecular flexibility index (Phi) is 10.1. The molecule has 0 aliphatic carbocycles. The van der Waals surface area contributed by atoms with E-state index in [0.717, 1.165) is 4.90 Å². The molecule has 0 heterocycles. The van der Waals surface area contributed by atoms with E-state index in [2.05, 4.69) is 0 Å². The van der Waals surface area contributed by atoms with Gasteiger partial charge in [0, 0.05) is 22.9 Å². The molecular formula is C7H19N6O3P. The molecule has 8 N–H and O–H groups in total. The molecule has 0 fully saturated rings. The highest BCUT2D eigenvalue weighted by molar-refractivity contribution is 7.30. The van der Waals surface area contributed by atoms with E-state index in [1.165, 1.54) is 11.9 Å². The fourth-order valence-corrected chi connectivity index (χ4v) is 0.862. The Labute approximate surface area is 101 Å². The van der Waals surface area contributed by atoms with E-state index in [1.54, 1.807) is 7.05 Å². The van der Waals surface area contributed by atoms with Gasteiger partial charge in [-0.1, -0.05) is 0 Å². The molecular weight excluding hydrogens is 247 g/mol. The molecule has 10 heteroatoms. The van der Waals surface area contributed by atoms with Crippen LogP contribution in [0.1, 0.15) is 0 Å². The number of hydrogen-bond acceptors (Lipinski definition) is 4. The number of carboxylic acids is 1. The molecule has 0 aromatic heterocycles. The van der Waals surface area contributed by atoms with Crippen molar-refractivity contribution < 1.29 is 14.8 Å². The second-order valence-electron chi connectivity index (χ2n) is 3.03. The lowest BCUT2D eigenvalue weighted by atomic mass is 10.6. The quantitative estimate of drug-likeness (QED) is 0.199. The Morgan fingerprint density at radius 3 is 1.76 bits per heavy atom. The van der Waals surface area contributed by atoms with Crippen molar-refractivity contribution in [2.45, 2.75) is 0 Å². The van der Waals surface area contributed by atoms with Gasteiger partial charge in [0.2, 0.25) is 0 Å². The second kappa shape index (κ2) is 9.61. The SMILES string of the molecule is CN(CC(=O)O)C(=N)N.CN(CPO)C(=N)N. The third-order valence-electron chi connectivity index (χ3n) is 1.50. The Balaban J connectivity index is 0. The number of rotatable bonds is 4. The van der Waals surface area contributed by atoms with E-state index in [9.17, 15) is 4.79 Å². The van der Waals surface area contributed by atoms with Crippen LogP contribution in [0.15, 0.2) is 0 Å². The summed E-state index contributed by atoms with van der Waals surface area (Å²) < 4.78 is 0. The summed E-state index contributed by atoms with van der Waals surface area (Å²) in [6.07, 6.45) is 0.454. The minimum atomic E-state index is -0.993. The van der Waals surface area contributed by atoms with Gasteiger partial charge in [-0.05, 0) is 0 Å². The first-order chi connectivity index (χ1) is 7.72. The third kappa shape index (κ3) is 12.3. The number of nitrogens with one attached hydrogen (secondary N) is 2. The van der Waals surface area contributed by atoms with Crippen molar-refractivity contribution in [1.29, 1.82) is 10.8 Å². The number of nitrogens with two attached hydrogens (primary N) is 2. The first-order valence-corrected chi connectivity index (χ1v) is 5.56. The normalized spacial score (nSPS) is 9.35. The number of aliphatic carboxylic acids is 1. The van der Waals surface area contributed by atoms with Gasteiger partial charge in [-0.3, -0.25) is 15.6 Å². The number of carbonyl (C=O) groups is 1. The Morgan fingerprint density at radius 2 is 1.65 bits per heavy atom. The van der Waals surface area contributed by atoms with Crippen molar-refractivity contribution in [1.82, 2.24) is 9.80 Å². The van der Waals surface area contributed by atoms with Crippen LogP contribution in [-0.4, -0.2) is 64.6 Å². The fraction of sp³-hybridized carbons (Fsp3) is 0.571. The summed E-state index contributed by atoms with van der Waals surface area (Å²) in [4.78, 5) is 20.8. The van der Waals surface area contributed by atoms with Crippen LogP contribution in [0, 0.1) is 10.8 Å². The van der Waals surface area contributed by atoms with E-state index >= 15 is 0 Å². The molecule has 9 nitrogen and oxygen atoms in total. The van der Waals surface area contributed by atoms with Crippen LogP contribution in [-0.2, 0) is 4.79 Å². The standard InChI is InChI=1S/C4H9N3O2.C3H10N3OP/c1-7(4(5)6)2-3(8)9;1-6(2-8-7)3(4)5/h2H2,1H3,(H3,5,6)(H,8,9);7-8H,2H2,1H3,(H3,4,5). The molecule has 0 saturated heterocycles. The number of carboxylic acid groups (broad SMARTS) is 1. The number of guanidine groups is 2. The summed E-state index contributed by atoms with van der Waals surface area (Å²) in [6, 6.07) is 0. The number of hydrogen-bond donors (Lipinski definition) is 6. The van der Waals surface area contributed by atoms with Crippen molar-refractivity contribution in [3.05, 3.63) is 0 Å². The van der Waals surface area contributed by atoms with Gasteiger partial charge in [0.1, 0.15) is 6.54 Å². The number of nitrogens with zero attached hydrogens (tertiary/aromatic N) is 2. The summed E-state index contributed by atoms with van der Waals surface area (Å²) in [6.45, 7) is -0.227. The molecule has 100 valence electrons. The predicted molar refractivity (Wildman–Crippen MR) is 67.3 cm³/mol. The van der Waals surface area contributed by atoms with Gasteiger partial charge in [0.05, 0.1) is 6.29 Å². The van der Waals surface area contributed by atoms with Crippen LogP contribution in [0.5, 0.6) is 0 Å². The zero-order valence-corrected chi connectivity index (χ0v) is 10.8. The van der Waals surface area contributed by atoms with E-state index in [0.29, 0.717) is 6.29 Å². The van der Waals surface area contributed by atoms with Gasteiger partial charge >= 0.3 is 5.97 Å². The third-order valence-corrected chi connectivity index (χ3v) is 2.12. The van der Waals surface area contributed by atoms with Gasteiger partial charge in [0.25, 0.3) is 0 Å². The molecule has 1 atom stereocenters. The van der Waals surface area contributed by atoms with Crippen LogP contribution < -0.4 is 11.5 Å². The summed E-state index contributed by atoms with van der Waals surface area (Å²) >= 11 is 0. The molecule has 0 aliphatic rings. The predicted octanol–water partition coefficient (Wildman–Crippen LogP) is -1.75. The molecule has 0 bridgehead atoms. The van der Waals surface area contributed by atoms with Crippen molar-refractivity contribution in [2.75, 3.05) is 26.9 Å². The van der Waals surface area contributed by atoms with Crippen LogP contribution in [0.4, 0.5) is 0 Å². The zero-order valence-electron chi connectivity index (χ0n) is 9.77. The van der Waals surface area contributed by atoms with E-state index in [1.807, 2.05) is 0 Å². The summed E-state index contributed by atoms with van der Waals surface area (Å²) in [5.74, 6) is -1.24. The minimum absolute atomic E-state index is 0.00782. The molecule has 0 saturated carbocycles. The molecule has 0 amide bonds. The first kappa shape index (κ1) is 17.8. The lowest BCUT2D eigenvalue weighted by Gasteiger charge is -2.13. The van der Waals surface area contributed by atoms with Gasteiger partial charge in [-0.2, -0.15) is 0 Å². The van der Waals surface area contributed by atoms with E-state index < -0.39 is 5.97 Å². The van der Waals surface area contributed by atoms with E-state index in [-0.39, 0.29) is 27.3 Å². The Bertz CT molecular complexity index is 274. The Morgan fingerprint density at radius 1 is 1.24 bits per heavy atom. The molecule has 0 aromatic carbocycles. The summed E-state index contributed by atoms with van der Waals surface area (Å²) in [5, 5.41) is 21.7. The minimum Gasteiger partial charge on any atom is -0.480 e. The maximum Gasteiger partial charge on any atom is 0.323 e. The summed E-state index contributed by atoms with van der Waals surface area (Å²) in [5.41, 5.74) is 9.95. The largest absolute Gasteiger partial charge is 0.480 e. The lowest BCUT2D eigenvalue weighted by Crippen LogP contribution is -2.36. The van der Waals surface area contributed by atoms with Crippen molar-refractivity contribution in [2.24, 2.45) is 11.5 Å². The lowest BCUT2D eigenvalue weighted by molar-refractivity contribution is -0.137. The molecule has 0 radical (unpaired) electrons. The molecule has 0 rings (SSSR count). The molecule has 1 unspecified atom stereocenters. The molecule has 17 heavy (non-hydrogen) atoms. The molecule has 0 spiro atoms. The maximum absolute atomic E-state index is 9.92. The highest BCUT2D eigenvalue weighted by Gasteiger charge is 2.03. The van der Waals surface area contributed by atoms with Crippen LogP contribution in [0.25, 0.3) is 0 Å². The maximum atomic E-state index is 9.92. The smallest absolute Gasteiger partial charge is 0.323 e. The van der Waals surface area contributed by atoms with Crippen molar-refractivity contribution in [3.8, 4) is 0 Å². The molecule has 0 aromatic rings. The average molecular weight is 266 g/mol. The fourth-order valence-electron chi connectivity index (χ4n) is 0.479. The van der Waals surface area contributed by atoms with Gasteiger partial charge in [0.15, 0.2) is 11.9 Å². The number of likely N-dealkylation sites (N-methyl/N-ethyl adjacent to an activating group) is 1. The van der Waals surface area contributed by atoms with Crippen LogP contribution in [0.2, 0.25) is 0 Å². The first-order valence-electron chi connectivity index (χ1n) is 4.41. The van der Waals surface area contributed by atoms with Gasteiger partial charge in [-0.15, -0.1) is 0 Å². The van der Waals surface area contributed by atoms with Crippen molar-refractivity contribution in [3.63, 3.8) is 0 Å². The van der Waals surface area contributed by atoms with Crippen LogP contribution >= 0.6 is 8.81 Å². The average Bonchev–Trinajstić information content (AvgIpc) is 2.17. The van der Waals surface area contributed by atoms with E-state index in [4.69, 9.17) is 32.3 Å². The monoisotopic (exact) mass is 266 g/mol. The second-order valence-corrected chi connectivity index (χ2v) is 3.67. The highest BCUT2D eigenvalue weighted by atomic mass is 31.1. The van der Waals surface area contributed by atoms with Crippen LogP contribution in [0.3, 0.4) is 0 Å². The Hall–Kier alpha value is -1.60. The summed E-state index contributed by atoms with van der Waals surface area (Å²) in [7, 11) is 2.94.